The molecule has 1 aliphatic rings. The van der Waals surface area contributed by atoms with Crippen LogP contribution < -0.4 is 5.32 Å². The van der Waals surface area contributed by atoms with Crippen molar-refractivity contribution in [2.24, 2.45) is 5.92 Å². The van der Waals surface area contributed by atoms with Crippen LogP contribution in [-0.4, -0.2) is 48.6 Å². The summed E-state index contributed by atoms with van der Waals surface area (Å²) >= 11 is 0. The molecule has 0 spiro atoms. The lowest BCUT2D eigenvalue weighted by atomic mass is 9.99. The van der Waals surface area contributed by atoms with Gasteiger partial charge >= 0.3 is 0 Å². The predicted molar refractivity (Wildman–Crippen MR) is 81.6 cm³/mol. The minimum absolute atomic E-state index is 0.0491. The van der Waals surface area contributed by atoms with E-state index in [2.05, 4.69) is 17.2 Å². The van der Waals surface area contributed by atoms with Gasteiger partial charge in [-0.25, -0.2) is 13.4 Å². The number of rotatable bonds is 5. The number of hydrogen-bond donors (Lipinski definition) is 2. The summed E-state index contributed by atoms with van der Waals surface area (Å²) in [4.78, 5) is 4.35. The molecular weight excluding hydrogens is 290 g/mol. The lowest BCUT2D eigenvalue weighted by Crippen LogP contribution is -2.44. The molecule has 2 N–H and O–H groups in total. The van der Waals surface area contributed by atoms with E-state index in [-0.39, 0.29) is 10.8 Å². The molecule has 1 aromatic heterocycles. The molecule has 0 aliphatic carbocycles. The maximum atomic E-state index is 12.5. The number of hydrogen-bond acceptors (Lipinski definition) is 5. The largest absolute Gasteiger partial charge is 0.393 e. The molecule has 1 aliphatic heterocycles. The SMILES string of the molecule is CCCNc1ccc(S(=O)(=O)N2CCC(O)C(C)C2)cn1. The average Bonchev–Trinajstić information content (AvgIpc) is 2.48. The standard InChI is InChI=1S/C14H23N3O3S/c1-3-7-15-14-5-4-12(9-16-14)21(19,20)17-8-6-13(18)11(2)10-17/h4-5,9,11,13,18H,3,6-8,10H2,1-2H3,(H,15,16). The number of nitrogens with zero attached hydrogens (tertiary/aromatic N) is 2. The van der Waals surface area contributed by atoms with Gasteiger partial charge in [-0.3, -0.25) is 0 Å². The fourth-order valence-corrected chi connectivity index (χ4v) is 3.85. The number of piperidine rings is 1. The van der Waals surface area contributed by atoms with Crippen molar-refractivity contribution in [1.82, 2.24) is 9.29 Å². The number of anilines is 1. The van der Waals surface area contributed by atoms with Crippen LogP contribution in [0, 0.1) is 5.92 Å². The molecule has 2 rings (SSSR count). The van der Waals surface area contributed by atoms with Gasteiger partial charge in [-0.15, -0.1) is 0 Å². The average molecular weight is 313 g/mol. The van der Waals surface area contributed by atoms with Gasteiger partial charge in [0, 0.05) is 25.8 Å². The Kier molecular flexibility index (Phi) is 5.18. The Hall–Kier alpha value is -1.18. The van der Waals surface area contributed by atoms with E-state index < -0.39 is 16.1 Å². The highest BCUT2D eigenvalue weighted by atomic mass is 32.2. The Morgan fingerprint density at radius 2 is 2.24 bits per heavy atom. The van der Waals surface area contributed by atoms with E-state index >= 15 is 0 Å². The lowest BCUT2D eigenvalue weighted by Gasteiger charge is -2.33. The minimum Gasteiger partial charge on any atom is -0.393 e. The van der Waals surface area contributed by atoms with Crippen LogP contribution >= 0.6 is 0 Å². The quantitative estimate of drug-likeness (QED) is 0.856. The number of aromatic nitrogens is 1. The van der Waals surface area contributed by atoms with Gasteiger partial charge in [0.1, 0.15) is 10.7 Å². The summed E-state index contributed by atoms with van der Waals surface area (Å²) in [6.45, 7) is 5.42. The third-order valence-electron chi connectivity index (χ3n) is 3.75. The number of sulfonamides is 1. The molecule has 6 nitrogen and oxygen atoms in total. The normalized spacial score (nSPS) is 24.0. The van der Waals surface area contributed by atoms with Crippen molar-refractivity contribution in [1.29, 1.82) is 0 Å². The summed E-state index contributed by atoms with van der Waals surface area (Å²) in [5.74, 6) is 0.630. The molecule has 2 unspecified atom stereocenters. The zero-order valence-electron chi connectivity index (χ0n) is 12.5. The highest BCUT2D eigenvalue weighted by molar-refractivity contribution is 7.89. The molecule has 0 radical (unpaired) electrons. The molecule has 21 heavy (non-hydrogen) atoms. The minimum atomic E-state index is -3.52. The Bertz CT molecular complexity index is 559. The smallest absolute Gasteiger partial charge is 0.244 e. The number of nitrogens with one attached hydrogen (secondary N) is 1. The lowest BCUT2D eigenvalue weighted by molar-refractivity contribution is 0.0628. The van der Waals surface area contributed by atoms with Crippen molar-refractivity contribution >= 4 is 15.8 Å². The molecule has 2 atom stereocenters. The summed E-state index contributed by atoms with van der Waals surface area (Å²) in [6.07, 6.45) is 2.43. The van der Waals surface area contributed by atoms with Crippen molar-refractivity contribution in [3.05, 3.63) is 18.3 Å². The van der Waals surface area contributed by atoms with Gasteiger partial charge < -0.3 is 10.4 Å². The van der Waals surface area contributed by atoms with Gasteiger partial charge in [0.05, 0.1) is 6.10 Å². The molecule has 1 saturated heterocycles. The summed E-state index contributed by atoms with van der Waals surface area (Å²) in [5, 5.41) is 12.8. The van der Waals surface area contributed by atoms with Crippen molar-refractivity contribution in [2.45, 2.75) is 37.7 Å². The Labute approximate surface area is 126 Å². The summed E-state index contributed by atoms with van der Waals surface area (Å²) in [5.41, 5.74) is 0. The fourth-order valence-electron chi connectivity index (χ4n) is 2.35. The monoisotopic (exact) mass is 313 g/mol. The first kappa shape index (κ1) is 16.2. The van der Waals surface area contributed by atoms with Crippen LogP contribution in [0.3, 0.4) is 0 Å². The first-order valence-electron chi connectivity index (χ1n) is 7.33. The summed E-state index contributed by atoms with van der Waals surface area (Å²) in [6, 6.07) is 3.26. The van der Waals surface area contributed by atoms with Crippen LogP contribution in [0.15, 0.2) is 23.2 Å². The molecule has 1 aromatic rings. The molecule has 0 aromatic carbocycles. The van der Waals surface area contributed by atoms with E-state index in [9.17, 15) is 13.5 Å². The molecular formula is C14H23N3O3S. The van der Waals surface area contributed by atoms with Gasteiger partial charge in [0.25, 0.3) is 0 Å². The van der Waals surface area contributed by atoms with E-state index in [1.165, 1.54) is 10.5 Å². The first-order valence-corrected chi connectivity index (χ1v) is 8.77. The molecule has 118 valence electrons. The van der Waals surface area contributed by atoms with Crippen LogP contribution in [0.25, 0.3) is 0 Å². The first-order chi connectivity index (χ1) is 9.95. The van der Waals surface area contributed by atoms with Crippen LogP contribution in [-0.2, 0) is 10.0 Å². The molecule has 2 heterocycles. The third-order valence-corrected chi connectivity index (χ3v) is 5.60. The Balaban J connectivity index is 2.12. The van der Waals surface area contributed by atoms with Crippen LogP contribution in [0.4, 0.5) is 5.82 Å². The van der Waals surface area contributed by atoms with E-state index in [1.807, 2.05) is 6.92 Å². The predicted octanol–water partition coefficient (Wildman–Crippen LogP) is 1.29. The van der Waals surface area contributed by atoms with Crippen LogP contribution in [0.2, 0.25) is 0 Å². The van der Waals surface area contributed by atoms with Crippen molar-refractivity contribution in [3.8, 4) is 0 Å². The number of pyridine rings is 1. The zero-order chi connectivity index (χ0) is 15.5. The van der Waals surface area contributed by atoms with E-state index in [1.54, 1.807) is 12.1 Å². The second-order valence-corrected chi connectivity index (χ2v) is 7.44. The van der Waals surface area contributed by atoms with E-state index in [0.717, 1.165) is 13.0 Å². The molecule has 0 saturated carbocycles. The Morgan fingerprint density at radius 1 is 1.48 bits per heavy atom. The molecule has 0 bridgehead atoms. The fraction of sp³-hybridized carbons (Fsp3) is 0.643. The van der Waals surface area contributed by atoms with Crippen LogP contribution in [0.5, 0.6) is 0 Å². The summed E-state index contributed by atoms with van der Waals surface area (Å²) < 4.78 is 26.5. The van der Waals surface area contributed by atoms with Gasteiger partial charge in [-0.1, -0.05) is 13.8 Å². The van der Waals surface area contributed by atoms with Gasteiger partial charge in [-0.2, -0.15) is 4.31 Å². The van der Waals surface area contributed by atoms with Gasteiger partial charge in [0.15, 0.2) is 0 Å². The van der Waals surface area contributed by atoms with Crippen molar-refractivity contribution in [3.63, 3.8) is 0 Å². The summed E-state index contributed by atoms with van der Waals surface area (Å²) in [7, 11) is -3.52. The van der Waals surface area contributed by atoms with Crippen molar-refractivity contribution in [2.75, 3.05) is 25.0 Å². The second-order valence-electron chi connectivity index (χ2n) is 5.50. The molecule has 7 heteroatoms. The topological polar surface area (TPSA) is 82.5 Å². The maximum absolute atomic E-state index is 12.5. The third kappa shape index (κ3) is 3.72. The molecule has 0 amide bonds. The van der Waals surface area contributed by atoms with Gasteiger partial charge in [-0.05, 0) is 30.9 Å². The van der Waals surface area contributed by atoms with Crippen LogP contribution in [0.1, 0.15) is 26.7 Å². The van der Waals surface area contributed by atoms with Gasteiger partial charge in [0.2, 0.25) is 10.0 Å². The number of aliphatic hydroxyl groups is 1. The van der Waals surface area contributed by atoms with Crippen molar-refractivity contribution < 1.29 is 13.5 Å². The van der Waals surface area contributed by atoms with E-state index in [4.69, 9.17) is 0 Å². The second kappa shape index (κ2) is 6.72. The van der Waals surface area contributed by atoms with E-state index in [0.29, 0.717) is 25.3 Å². The highest BCUT2D eigenvalue weighted by Gasteiger charge is 2.32. The molecule has 1 fully saturated rings. The Morgan fingerprint density at radius 3 is 2.81 bits per heavy atom. The zero-order valence-corrected chi connectivity index (χ0v) is 13.3. The highest BCUT2D eigenvalue weighted by Crippen LogP contribution is 2.23. The number of aliphatic hydroxyl groups excluding tert-OH is 1. The maximum Gasteiger partial charge on any atom is 0.244 e.